The molecule has 0 spiro atoms. The van der Waals surface area contributed by atoms with Gasteiger partial charge in [-0.1, -0.05) is 26.0 Å². The molecule has 31 heavy (non-hydrogen) atoms. The number of nitrogens with zero attached hydrogens (tertiary/aromatic N) is 2. The lowest BCUT2D eigenvalue weighted by molar-refractivity contribution is -0.152. The first-order valence-corrected chi connectivity index (χ1v) is 12.0. The van der Waals surface area contributed by atoms with Gasteiger partial charge in [-0.25, -0.2) is 0 Å². The minimum Gasteiger partial charge on any atom is -0.461 e. The lowest BCUT2D eigenvalue weighted by Gasteiger charge is -2.56. The van der Waals surface area contributed by atoms with E-state index >= 15 is 0 Å². The predicted octanol–water partition coefficient (Wildman–Crippen LogP) is 5.02. The summed E-state index contributed by atoms with van der Waals surface area (Å²) in [6.45, 7) is 7.92. The van der Waals surface area contributed by atoms with Gasteiger partial charge in [-0.15, -0.1) is 0 Å². The molecule has 5 nitrogen and oxygen atoms in total. The molecule has 2 aromatic rings. The van der Waals surface area contributed by atoms with E-state index in [4.69, 9.17) is 4.42 Å². The number of fused-ring (bicyclic) bond motifs is 5. The molecule has 0 aliphatic carbocycles. The number of hydrogen-bond acceptors (Lipinski definition) is 3. The van der Waals surface area contributed by atoms with Gasteiger partial charge in [0.05, 0.1) is 5.56 Å². The van der Waals surface area contributed by atoms with Crippen molar-refractivity contribution in [2.24, 2.45) is 17.8 Å². The maximum atomic E-state index is 13.6. The van der Waals surface area contributed by atoms with Gasteiger partial charge in [0.2, 0.25) is 5.91 Å². The molecule has 3 fully saturated rings. The molecule has 1 aromatic carbocycles. The van der Waals surface area contributed by atoms with Crippen LogP contribution in [0.25, 0.3) is 11.0 Å². The second-order valence-electron chi connectivity index (χ2n) is 10.3. The van der Waals surface area contributed by atoms with E-state index in [2.05, 4.69) is 23.6 Å². The lowest BCUT2D eigenvalue weighted by atomic mass is 9.70. The number of aryl methyl sites for hydroxylation is 1. The van der Waals surface area contributed by atoms with Gasteiger partial charge >= 0.3 is 0 Å². The van der Waals surface area contributed by atoms with Crippen molar-refractivity contribution in [2.75, 3.05) is 13.1 Å². The van der Waals surface area contributed by atoms with Crippen molar-refractivity contribution in [1.29, 1.82) is 0 Å². The molecular formula is C26H34N2O3. The van der Waals surface area contributed by atoms with Crippen molar-refractivity contribution in [3.63, 3.8) is 0 Å². The molecule has 2 bridgehead atoms. The molecule has 4 atom stereocenters. The summed E-state index contributed by atoms with van der Waals surface area (Å²) in [5.41, 5.74) is 1.37. The van der Waals surface area contributed by atoms with E-state index in [0.29, 0.717) is 47.3 Å². The largest absolute Gasteiger partial charge is 0.461 e. The van der Waals surface area contributed by atoms with Crippen LogP contribution in [0.4, 0.5) is 0 Å². The van der Waals surface area contributed by atoms with Crippen LogP contribution in [0.1, 0.15) is 68.5 Å². The summed E-state index contributed by atoms with van der Waals surface area (Å²) in [7, 11) is 0. The van der Waals surface area contributed by atoms with E-state index in [0.717, 1.165) is 56.3 Å². The minimum absolute atomic E-state index is 0.0767. The number of amides is 2. The van der Waals surface area contributed by atoms with Gasteiger partial charge in [-0.05, 0) is 68.9 Å². The Hall–Kier alpha value is -2.30. The smallest absolute Gasteiger partial charge is 0.257 e. The van der Waals surface area contributed by atoms with Crippen LogP contribution in [0, 0.1) is 24.7 Å². The average Bonchev–Trinajstić information content (AvgIpc) is 3.13. The number of para-hydroxylation sites is 1. The summed E-state index contributed by atoms with van der Waals surface area (Å²) < 4.78 is 5.89. The molecule has 0 saturated carbocycles. The summed E-state index contributed by atoms with van der Waals surface area (Å²) >= 11 is 0. The Bertz CT molecular complexity index is 994. The van der Waals surface area contributed by atoms with Crippen LogP contribution in [0.2, 0.25) is 0 Å². The van der Waals surface area contributed by atoms with E-state index < -0.39 is 0 Å². The quantitative estimate of drug-likeness (QED) is 0.695. The van der Waals surface area contributed by atoms with Gasteiger partial charge in [0.25, 0.3) is 5.91 Å². The van der Waals surface area contributed by atoms with E-state index in [1.807, 2.05) is 31.2 Å². The number of hydrogen-bond donors (Lipinski definition) is 0. The Morgan fingerprint density at radius 3 is 2.84 bits per heavy atom. The summed E-state index contributed by atoms with van der Waals surface area (Å²) in [4.78, 5) is 30.9. The van der Waals surface area contributed by atoms with Gasteiger partial charge in [0, 0.05) is 37.0 Å². The van der Waals surface area contributed by atoms with Crippen molar-refractivity contribution in [3.05, 3.63) is 35.6 Å². The fourth-order valence-electron chi connectivity index (χ4n) is 6.35. The summed E-state index contributed by atoms with van der Waals surface area (Å²) in [6.07, 6.45) is 6.07. The van der Waals surface area contributed by atoms with E-state index in [1.54, 1.807) is 0 Å². The SMILES string of the molecule is Cc1cc2cccc(C(=O)N3C[C@H]4C[C@@H](C3)[C@H](CCC(C)C)N3C(=O)CCC[C@@H]43)c2o1. The second kappa shape index (κ2) is 7.99. The Morgan fingerprint density at radius 1 is 1.23 bits per heavy atom. The first-order valence-electron chi connectivity index (χ1n) is 12.0. The van der Waals surface area contributed by atoms with Crippen molar-refractivity contribution in [2.45, 2.75) is 71.4 Å². The summed E-state index contributed by atoms with van der Waals surface area (Å²) in [6, 6.07) is 8.40. The van der Waals surface area contributed by atoms with Crippen LogP contribution in [0.15, 0.2) is 28.7 Å². The summed E-state index contributed by atoms with van der Waals surface area (Å²) in [5, 5.41) is 0.986. The molecule has 3 saturated heterocycles. The zero-order valence-corrected chi connectivity index (χ0v) is 19.0. The van der Waals surface area contributed by atoms with Crippen molar-refractivity contribution in [1.82, 2.24) is 9.80 Å². The third-order valence-corrected chi connectivity index (χ3v) is 7.72. The van der Waals surface area contributed by atoms with Gasteiger partial charge < -0.3 is 14.2 Å². The molecule has 2 amide bonds. The summed E-state index contributed by atoms with van der Waals surface area (Å²) in [5.74, 6) is 2.63. The van der Waals surface area contributed by atoms with E-state index in [9.17, 15) is 9.59 Å². The highest BCUT2D eigenvalue weighted by molar-refractivity contribution is 6.05. The van der Waals surface area contributed by atoms with Crippen LogP contribution >= 0.6 is 0 Å². The molecule has 3 aliphatic rings. The molecule has 5 rings (SSSR count). The van der Waals surface area contributed by atoms with Gasteiger partial charge in [-0.3, -0.25) is 9.59 Å². The average molecular weight is 423 g/mol. The topological polar surface area (TPSA) is 53.8 Å². The first-order chi connectivity index (χ1) is 14.9. The van der Waals surface area contributed by atoms with Gasteiger partial charge in [-0.2, -0.15) is 0 Å². The van der Waals surface area contributed by atoms with E-state index in [-0.39, 0.29) is 11.9 Å². The molecule has 0 radical (unpaired) electrons. The van der Waals surface area contributed by atoms with Crippen LogP contribution in [-0.2, 0) is 4.79 Å². The van der Waals surface area contributed by atoms with Crippen LogP contribution in [0.5, 0.6) is 0 Å². The molecule has 4 heterocycles. The fraction of sp³-hybridized carbons (Fsp3) is 0.615. The van der Waals surface area contributed by atoms with Crippen molar-refractivity contribution in [3.8, 4) is 0 Å². The van der Waals surface area contributed by atoms with Crippen molar-refractivity contribution < 1.29 is 14.0 Å². The second-order valence-corrected chi connectivity index (χ2v) is 10.3. The number of likely N-dealkylation sites (tertiary alicyclic amines) is 1. The molecule has 0 unspecified atom stereocenters. The zero-order valence-electron chi connectivity index (χ0n) is 19.0. The first kappa shape index (κ1) is 20.6. The Labute approximate surface area is 184 Å². The third-order valence-electron chi connectivity index (χ3n) is 7.72. The number of furan rings is 1. The molecular weight excluding hydrogens is 388 g/mol. The van der Waals surface area contributed by atoms with Crippen LogP contribution < -0.4 is 0 Å². The highest BCUT2D eigenvalue weighted by Gasteiger charge is 2.49. The Morgan fingerprint density at radius 2 is 2.03 bits per heavy atom. The van der Waals surface area contributed by atoms with Gasteiger partial charge in [0.15, 0.2) is 0 Å². The number of carbonyl (C=O) groups is 2. The van der Waals surface area contributed by atoms with Crippen LogP contribution in [0.3, 0.4) is 0 Å². The highest BCUT2D eigenvalue weighted by Crippen LogP contribution is 2.43. The normalized spacial score (nSPS) is 28.3. The standard InChI is InChI=1S/C26H34N2O3/c1-16(2)10-11-23-20-13-19(22-8-5-9-24(29)28(22)23)14-27(15-20)26(30)21-7-4-6-18-12-17(3)31-25(18)21/h4,6-7,12,16,19-20,22-23H,5,8-11,13-15H2,1-3H3/t19-,20+,22+,23+/m1/s1. The van der Waals surface area contributed by atoms with Crippen molar-refractivity contribution >= 4 is 22.8 Å². The highest BCUT2D eigenvalue weighted by atomic mass is 16.3. The zero-order chi connectivity index (χ0) is 21.7. The number of benzene rings is 1. The number of carbonyl (C=O) groups excluding carboxylic acids is 2. The fourth-order valence-corrected chi connectivity index (χ4v) is 6.35. The molecule has 0 N–H and O–H groups in total. The van der Waals surface area contributed by atoms with Crippen LogP contribution in [-0.4, -0.2) is 46.8 Å². The Balaban J connectivity index is 1.44. The number of piperidine rings is 3. The van der Waals surface area contributed by atoms with Gasteiger partial charge in [0.1, 0.15) is 11.3 Å². The molecule has 3 aliphatic heterocycles. The van der Waals surface area contributed by atoms with E-state index in [1.165, 1.54) is 0 Å². The monoisotopic (exact) mass is 422 g/mol. The number of rotatable bonds is 4. The lowest BCUT2D eigenvalue weighted by Crippen LogP contribution is -2.65. The predicted molar refractivity (Wildman–Crippen MR) is 121 cm³/mol. The molecule has 1 aromatic heterocycles. The molecule has 166 valence electrons. The minimum atomic E-state index is 0.0767. The maximum Gasteiger partial charge on any atom is 0.257 e. The maximum absolute atomic E-state index is 13.6. The Kier molecular flexibility index (Phi) is 5.31. The third kappa shape index (κ3) is 3.66. The molecule has 5 heteroatoms.